The molecule has 31 heavy (non-hydrogen) atoms. The Bertz CT molecular complexity index is 756. The lowest BCUT2D eigenvalue weighted by molar-refractivity contribution is -0.143. The third kappa shape index (κ3) is 7.56. The number of carbonyl (C=O) groups is 3. The van der Waals surface area contributed by atoms with Gasteiger partial charge in [-0.1, -0.05) is 43.7 Å². The van der Waals surface area contributed by atoms with Gasteiger partial charge in [0.25, 0.3) is 0 Å². The summed E-state index contributed by atoms with van der Waals surface area (Å²) in [6.07, 6.45) is 2.85. The summed E-state index contributed by atoms with van der Waals surface area (Å²) in [7, 11) is 0. The fourth-order valence-corrected chi connectivity index (χ4v) is 3.54. The van der Waals surface area contributed by atoms with Crippen molar-refractivity contribution in [3.63, 3.8) is 0 Å². The molecule has 2 N–H and O–H groups in total. The van der Waals surface area contributed by atoms with E-state index in [4.69, 9.17) is 4.74 Å². The molecule has 0 aromatic heterocycles. The van der Waals surface area contributed by atoms with Gasteiger partial charge in [-0.2, -0.15) is 0 Å². The van der Waals surface area contributed by atoms with Crippen LogP contribution in [0, 0.1) is 0 Å². The molecule has 0 bridgehead atoms. The van der Waals surface area contributed by atoms with Gasteiger partial charge in [-0.05, 0) is 59.4 Å². The number of ether oxygens (including phenoxy) is 1. The fourth-order valence-electron chi connectivity index (χ4n) is 3.54. The number of nitrogens with zero attached hydrogens (tertiary/aromatic N) is 1. The minimum atomic E-state index is -0.817. The molecule has 0 heterocycles. The van der Waals surface area contributed by atoms with Crippen LogP contribution in [0.5, 0.6) is 0 Å². The molecule has 7 nitrogen and oxygen atoms in total. The number of nitrogens with one attached hydrogen (secondary N) is 2. The highest BCUT2D eigenvalue weighted by atomic mass is 16.6. The third-order valence-electron chi connectivity index (χ3n) is 5.05. The highest BCUT2D eigenvalue weighted by Crippen LogP contribution is 2.35. The predicted molar refractivity (Wildman–Crippen MR) is 120 cm³/mol. The van der Waals surface area contributed by atoms with Crippen molar-refractivity contribution in [1.29, 1.82) is 0 Å². The molecule has 0 spiro atoms. The van der Waals surface area contributed by atoms with Crippen molar-refractivity contribution in [2.24, 2.45) is 0 Å². The molecule has 7 heteroatoms. The zero-order valence-corrected chi connectivity index (χ0v) is 19.6. The van der Waals surface area contributed by atoms with E-state index in [2.05, 4.69) is 17.6 Å². The van der Waals surface area contributed by atoms with Crippen LogP contribution in [0.15, 0.2) is 30.3 Å². The van der Waals surface area contributed by atoms with Crippen LogP contribution in [0.4, 0.5) is 4.79 Å². The van der Waals surface area contributed by atoms with Crippen LogP contribution < -0.4 is 10.6 Å². The molecule has 1 aromatic rings. The van der Waals surface area contributed by atoms with Crippen molar-refractivity contribution in [2.75, 3.05) is 0 Å². The van der Waals surface area contributed by atoms with Crippen molar-refractivity contribution < 1.29 is 19.1 Å². The zero-order valence-electron chi connectivity index (χ0n) is 19.6. The Kier molecular flexibility index (Phi) is 8.48. The maximum Gasteiger partial charge on any atom is 0.408 e. The van der Waals surface area contributed by atoms with Crippen molar-refractivity contribution in [1.82, 2.24) is 15.5 Å². The topological polar surface area (TPSA) is 87.7 Å². The van der Waals surface area contributed by atoms with Gasteiger partial charge in [0.15, 0.2) is 0 Å². The van der Waals surface area contributed by atoms with Gasteiger partial charge in [-0.25, -0.2) is 4.79 Å². The molecule has 1 fully saturated rings. The first kappa shape index (κ1) is 24.7. The van der Waals surface area contributed by atoms with Crippen LogP contribution in [0.25, 0.3) is 0 Å². The maximum atomic E-state index is 13.4. The highest BCUT2D eigenvalue weighted by Gasteiger charge is 2.43. The molecule has 3 unspecified atom stereocenters. The van der Waals surface area contributed by atoms with Crippen molar-refractivity contribution in [3.05, 3.63) is 35.9 Å². The Labute approximate surface area is 185 Å². The third-order valence-corrected chi connectivity index (χ3v) is 5.05. The number of hydrogen-bond donors (Lipinski definition) is 2. The summed E-state index contributed by atoms with van der Waals surface area (Å²) in [6.45, 7) is 11.0. The molecule has 0 aliphatic heterocycles. The summed E-state index contributed by atoms with van der Waals surface area (Å²) >= 11 is 0. The number of carbonyl (C=O) groups excluding carboxylic acids is 3. The standard InChI is InChI=1S/C24H37N3O4/c1-7-11-16(2)25-21(28)20(18-12-9-8-10-13-18)27(19-14-15-19)22(29)17(3)26-23(30)31-24(4,5)6/h8-10,12-13,16-17,19-20H,7,11,14-15H2,1-6H3,(H,25,28)(H,26,30). The van der Waals surface area contributed by atoms with Gasteiger partial charge in [0.1, 0.15) is 17.7 Å². The molecule has 2 rings (SSSR count). The SMILES string of the molecule is CCCC(C)NC(=O)C(c1ccccc1)N(C(=O)C(C)NC(=O)OC(C)(C)C)C1CC1. The quantitative estimate of drug-likeness (QED) is 0.620. The Morgan fingerprint density at radius 1 is 1.10 bits per heavy atom. The molecule has 172 valence electrons. The van der Waals surface area contributed by atoms with E-state index in [1.165, 1.54) is 0 Å². The van der Waals surface area contributed by atoms with Crippen LogP contribution in [0.3, 0.4) is 0 Å². The molecule has 3 amide bonds. The van der Waals surface area contributed by atoms with Crippen molar-refractivity contribution in [3.8, 4) is 0 Å². The van der Waals surface area contributed by atoms with Crippen LogP contribution in [0.2, 0.25) is 0 Å². The summed E-state index contributed by atoms with van der Waals surface area (Å²) < 4.78 is 5.29. The lowest BCUT2D eigenvalue weighted by Gasteiger charge is -2.34. The zero-order chi connectivity index (χ0) is 23.2. The number of amides is 3. The first-order valence-corrected chi connectivity index (χ1v) is 11.2. The average Bonchev–Trinajstić information content (AvgIpc) is 3.49. The average molecular weight is 432 g/mol. The minimum absolute atomic E-state index is 0.0113. The van der Waals surface area contributed by atoms with Crippen LogP contribution in [0.1, 0.15) is 78.8 Å². The first-order chi connectivity index (χ1) is 14.5. The van der Waals surface area contributed by atoms with Crippen LogP contribution in [-0.2, 0) is 14.3 Å². The lowest BCUT2D eigenvalue weighted by Crippen LogP contribution is -2.53. The Balaban J connectivity index is 2.26. The molecule has 0 saturated heterocycles. The second kappa shape index (κ2) is 10.6. The van der Waals surface area contributed by atoms with Gasteiger partial charge in [0.05, 0.1) is 0 Å². The van der Waals surface area contributed by atoms with E-state index in [0.29, 0.717) is 0 Å². The van der Waals surface area contributed by atoms with Crippen LogP contribution in [-0.4, -0.2) is 46.5 Å². The van der Waals surface area contributed by atoms with Crippen molar-refractivity contribution in [2.45, 2.75) is 97.0 Å². The minimum Gasteiger partial charge on any atom is -0.444 e. The van der Waals surface area contributed by atoms with Crippen LogP contribution >= 0.6 is 0 Å². The molecule has 1 aromatic carbocycles. The van der Waals surface area contributed by atoms with E-state index in [1.807, 2.05) is 37.3 Å². The van der Waals surface area contributed by atoms with E-state index >= 15 is 0 Å². The van der Waals surface area contributed by atoms with Gasteiger partial charge in [0.2, 0.25) is 11.8 Å². The molecular weight excluding hydrogens is 394 g/mol. The summed E-state index contributed by atoms with van der Waals surface area (Å²) in [6, 6.07) is 7.77. The van der Waals surface area contributed by atoms with E-state index in [9.17, 15) is 14.4 Å². The normalized spacial score (nSPS) is 16.6. The number of benzene rings is 1. The predicted octanol–water partition coefficient (Wildman–Crippen LogP) is 3.94. The molecule has 3 atom stereocenters. The molecule has 1 aliphatic carbocycles. The second-order valence-corrected chi connectivity index (χ2v) is 9.36. The highest BCUT2D eigenvalue weighted by molar-refractivity contribution is 5.92. The van der Waals surface area contributed by atoms with Gasteiger partial charge in [-0.15, -0.1) is 0 Å². The lowest BCUT2D eigenvalue weighted by atomic mass is 10.0. The van der Waals surface area contributed by atoms with Gasteiger partial charge in [-0.3, -0.25) is 9.59 Å². The summed E-state index contributed by atoms with van der Waals surface area (Å²) in [5.41, 5.74) is 0.0960. The smallest absolute Gasteiger partial charge is 0.408 e. The Morgan fingerprint density at radius 3 is 2.23 bits per heavy atom. The maximum absolute atomic E-state index is 13.4. The monoisotopic (exact) mass is 431 g/mol. The molecule has 1 saturated carbocycles. The fraction of sp³-hybridized carbons (Fsp3) is 0.625. The number of rotatable bonds is 9. The number of hydrogen-bond acceptors (Lipinski definition) is 4. The Hall–Kier alpha value is -2.57. The molecule has 0 radical (unpaired) electrons. The van der Waals surface area contributed by atoms with Gasteiger partial charge in [0, 0.05) is 12.1 Å². The summed E-state index contributed by atoms with van der Waals surface area (Å²) in [5, 5.41) is 5.68. The van der Waals surface area contributed by atoms with E-state index in [1.54, 1.807) is 32.6 Å². The van der Waals surface area contributed by atoms with E-state index < -0.39 is 23.8 Å². The van der Waals surface area contributed by atoms with E-state index in [-0.39, 0.29) is 23.9 Å². The summed E-state index contributed by atoms with van der Waals surface area (Å²) in [5.74, 6) is -0.489. The van der Waals surface area contributed by atoms with Crippen molar-refractivity contribution >= 4 is 17.9 Å². The first-order valence-electron chi connectivity index (χ1n) is 11.2. The molecule has 1 aliphatic rings. The largest absolute Gasteiger partial charge is 0.444 e. The Morgan fingerprint density at radius 2 is 1.71 bits per heavy atom. The molecular formula is C24H37N3O4. The number of alkyl carbamates (subject to hydrolysis) is 1. The van der Waals surface area contributed by atoms with E-state index in [0.717, 1.165) is 31.2 Å². The summed E-state index contributed by atoms with van der Waals surface area (Å²) in [4.78, 5) is 40.6. The van der Waals surface area contributed by atoms with Gasteiger partial charge >= 0.3 is 6.09 Å². The van der Waals surface area contributed by atoms with Gasteiger partial charge < -0.3 is 20.3 Å². The second-order valence-electron chi connectivity index (χ2n) is 9.36.